The zero-order valence-electron chi connectivity index (χ0n) is 3.53. The van der Waals surface area contributed by atoms with E-state index < -0.39 is 0 Å². The van der Waals surface area contributed by atoms with Crippen molar-refractivity contribution in [1.82, 2.24) is 0 Å². The summed E-state index contributed by atoms with van der Waals surface area (Å²) in [6.07, 6.45) is 2.44. The average molecular weight is 455 g/mol. The van der Waals surface area contributed by atoms with E-state index in [0.29, 0.717) is 0 Å². The topological polar surface area (TPSA) is 49.9 Å². The summed E-state index contributed by atoms with van der Waals surface area (Å²) < 4.78 is 0. The van der Waals surface area contributed by atoms with Crippen LogP contribution in [-0.4, -0.2) is 30.8 Å². The van der Waals surface area contributed by atoms with Crippen molar-refractivity contribution in [2.75, 3.05) is 0 Å². The molecule has 0 aromatic heterocycles. The number of nitrogens with two attached hydrogens (primary N) is 1. The van der Waals surface area contributed by atoms with Gasteiger partial charge in [0.2, 0.25) is 0 Å². The summed E-state index contributed by atoms with van der Waals surface area (Å²) in [4.78, 5) is 0. The maximum absolute atomic E-state index is 5.86. The molecule has 0 atom stereocenters. The van der Waals surface area contributed by atoms with Gasteiger partial charge in [-0.2, -0.15) is 0 Å². The third-order valence-electron chi connectivity index (χ3n) is 0. The molecule has 0 aliphatic carbocycles. The number of hydrogen-bond donors (Lipinski definition) is 2. The van der Waals surface area contributed by atoms with Crippen LogP contribution in [0, 0.1) is 5.41 Å². The number of nitrogens with one attached hydrogen (secondary N) is 1. The second-order valence-electron chi connectivity index (χ2n) is 0.225. The van der Waals surface area contributed by atoms with Crippen LogP contribution in [0.1, 0.15) is 0 Å². The van der Waals surface area contributed by atoms with E-state index in [9.17, 15) is 0 Å². The second-order valence-corrected chi connectivity index (χ2v) is 8.04. The molecule has 0 saturated heterocycles. The summed E-state index contributed by atoms with van der Waals surface area (Å²) in [5.41, 5.74) is 4.39. The summed E-state index contributed by atoms with van der Waals surface area (Å²) in [6.45, 7) is 0. The van der Waals surface area contributed by atoms with Crippen molar-refractivity contribution in [1.29, 1.82) is 5.41 Å². The van der Waals surface area contributed by atoms with Gasteiger partial charge < -0.3 is 5.73 Å². The third-order valence-corrected chi connectivity index (χ3v) is 0. The molecule has 2 nitrogen and oxygen atoms in total. The SMILES string of the molecule is ISI.N=CN.[SbH3]. The van der Waals surface area contributed by atoms with Crippen LogP contribution in [0.4, 0.5) is 0 Å². The molecule has 46 valence electrons. The minimum absolute atomic E-state index is 0. The van der Waals surface area contributed by atoms with Crippen LogP contribution in [0.5, 0.6) is 0 Å². The molecule has 0 aliphatic heterocycles. The molecule has 3 N–H and O–H groups in total. The predicted octanol–water partition coefficient (Wildman–Crippen LogP) is 0.788. The van der Waals surface area contributed by atoms with E-state index in [-0.39, 0.29) is 24.4 Å². The molecule has 0 unspecified atom stereocenters. The van der Waals surface area contributed by atoms with Crippen LogP contribution in [0.15, 0.2) is 0 Å². The quantitative estimate of drug-likeness (QED) is 0.246. The second kappa shape index (κ2) is 24.3. The van der Waals surface area contributed by atoms with Crippen molar-refractivity contribution in [2.24, 2.45) is 5.73 Å². The Balaban J connectivity index is -0.0000000400. The summed E-state index contributed by atoms with van der Waals surface area (Å²) in [5, 5.41) is 5.86. The van der Waals surface area contributed by atoms with Gasteiger partial charge in [0.25, 0.3) is 0 Å². The molecule has 0 spiro atoms. The van der Waals surface area contributed by atoms with Crippen LogP contribution in [-0.2, 0) is 0 Å². The first kappa shape index (κ1) is 16.0. The van der Waals surface area contributed by atoms with E-state index >= 15 is 0 Å². The van der Waals surface area contributed by atoms with Crippen molar-refractivity contribution in [3.63, 3.8) is 0 Å². The van der Waals surface area contributed by atoms with Crippen molar-refractivity contribution >= 4 is 79.3 Å². The van der Waals surface area contributed by atoms with E-state index in [0.717, 1.165) is 6.34 Å². The molecule has 0 radical (unpaired) electrons. The Morgan fingerprint density at radius 2 is 1.57 bits per heavy atom. The van der Waals surface area contributed by atoms with Gasteiger partial charge in [0.05, 0.1) is 6.34 Å². The molecule has 0 bridgehead atoms. The van der Waals surface area contributed by atoms with Crippen molar-refractivity contribution in [3.05, 3.63) is 0 Å². The third kappa shape index (κ3) is 68.4. The zero-order valence-corrected chi connectivity index (χ0v) is 12.7. The van der Waals surface area contributed by atoms with Gasteiger partial charge in [-0.25, -0.2) is 0 Å². The summed E-state index contributed by atoms with van der Waals surface area (Å²) >= 11 is 4.38. The first-order valence-corrected chi connectivity index (χ1v) is 6.83. The zero-order chi connectivity index (χ0) is 5.41. The normalized spacial score (nSPS) is 4.29. The average Bonchev–Trinajstić information content (AvgIpc) is 1.39. The summed E-state index contributed by atoms with van der Waals surface area (Å²) in [5.74, 6) is 0. The van der Waals surface area contributed by atoms with Crippen molar-refractivity contribution < 1.29 is 0 Å². The fraction of sp³-hybridized carbons (Fsp3) is 0. The molecule has 0 saturated carbocycles. The Morgan fingerprint density at radius 3 is 1.57 bits per heavy atom. The van der Waals surface area contributed by atoms with Crippen LogP contribution >= 0.6 is 48.5 Å². The molecule has 0 aromatic rings. The van der Waals surface area contributed by atoms with Gasteiger partial charge in [-0.3, -0.25) is 5.41 Å². The summed E-state index contributed by atoms with van der Waals surface area (Å²) in [7, 11) is 0. The Kier molecular flexibility index (Phi) is 55.7. The van der Waals surface area contributed by atoms with Crippen LogP contribution in [0.3, 0.4) is 0 Å². The first-order valence-electron chi connectivity index (χ1n) is 0.931. The first-order chi connectivity index (χ1) is 2.83. The maximum atomic E-state index is 5.86. The van der Waals surface area contributed by atoms with Crippen molar-refractivity contribution in [2.45, 2.75) is 0 Å². The van der Waals surface area contributed by atoms with Gasteiger partial charge in [-0.15, -0.1) is 0 Å². The number of rotatable bonds is 0. The molecule has 7 heavy (non-hydrogen) atoms. The van der Waals surface area contributed by atoms with E-state index in [1.807, 2.05) is 0 Å². The molecule has 0 fully saturated rings. The van der Waals surface area contributed by atoms with Crippen LogP contribution in [0.25, 0.3) is 0 Å². The molecule has 0 rings (SSSR count). The minimum atomic E-state index is 0. The fourth-order valence-electron chi connectivity index (χ4n) is 0. The van der Waals surface area contributed by atoms with Gasteiger partial charge >= 0.3 is 24.4 Å². The van der Waals surface area contributed by atoms with Crippen LogP contribution in [0.2, 0.25) is 0 Å². The molecule has 0 heterocycles. The van der Waals surface area contributed by atoms with Gasteiger partial charge in [-0.1, -0.05) is 0 Å². The monoisotopic (exact) mass is 454 g/mol. The molecule has 0 aliphatic rings. The van der Waals surface area contributed by atoms with Crippen molar-refractivity contribution in [3.8, 4) is 0 Å². The van der Waals surface area contributed by atoms with Gasteiger partial charge in [0.15, 0.2) is 0 Å². The Hall–Kier alpha value is 2.10. The van der Waals surface area contributed by atoms with E-state index in [1.165, 1.54) is 0 Å². The van der Waals surface area contributed by atoms with E-state index in [1.54, 1.807) is 6.10 Å². The van der Waals surface area contributed by atoms with E-state index in [4.69, 9.17) is 5.41 Å². The van der Waals surface area contributed by atoms with E-state index in [2.05, 4.69) is 48.1 Å². The summed E-state index contributed by atoms with van der Waals surface area (Å²) in [6, 6.07) is 0. The Labute approximate surface area is 88.9 Å². The molecule has 0 amide bonds. The van der Waals surface area contributed by atoms with Gasteiger partial charge in [-0.05, 0) is 6.10 Å². The molecule has 0 aromatic carbocycles. The van der Waals surface area contributed by atoms with Gasteiger partial charge in [0.1, 0.15) is 0 Å². The molecular weight excluding hydrogens is 448 g/mol. The fourth-order valence-corrected chi connectivity index (χ4v) is 0. The standard InChI is InChI=1S/CH4N2.I2S.Sb.3H/c2-1-3;1-3-2;;;;/h1H,(H3,2,3);;;;;. The number of halogens is 2. The molecule has 6 heteroatoms. The Bertz CT molecular complexity index is 29.7. The Morgan fingerprint density at radius 1 is 1.57 bits per heavy atom. The number of hydrogen-bond acceptors (Lipinski definition) is 2. The predicted molar refractivity (Wildman–Crippen MR) is 58.5 cm³/mol. The van der Waals surface area contributed by atoms with Gasteiger partial charge in [0, 0.05) is 42.4 Å². The molecular formula is CH7I2N2SSb. The van der Waals surface area contributed by atoms with Crippen LogP contribution < -0.4 is 5.73 Å².